The van der Waals surface area contributed by atoms with Crippen LogP contribution in [0.5, 0.6) is 0 Å². The third kappa shape index (κ3) is 3.74. The van der Waals surface area contributed by atoms with Gasteiger partial charge in [-0.25, -0.2) is 9.97 Å². The van der Waals surface area contributed by atoms with E-state index in [1.807, 2.05) is 26.0 Å². The van der Waals surface area contributed by atoms with Crippen LogP contribution in [-0.4, -0.2) is 21.5 Å². The van der Waals surface area contributed by atoms with Gasteiger partial charge >= 0.3 is 0 Å². The number of halogens is 1. The number of aromatic nitrogens is 3. The number of aryl methyl sites for hydroxylation is 2. The monoisotopic (exact) mass is 289 g/mol. The highest BCUT2D eigenvalue weighted by Gasteiger charge is 2.08. The van der Waals surface area contributed by atoms with Gasteiger partial charge in [-0.15, -0.1) is 0 Å². The van der Waals surface area contributed by atoms with Crippen molar-refractivity contribution in [3.63, 3.8) is 0 Å². The molecule has 2 aromatic heterocycles. The first-order chi connectivity index (χ1) is 9.60. The fraction of sp³-hybridized carbons (Fsp3) is 0.333. The van der Waals surface area contributed by atoms with Crippen molar-refractivity contribution in [2.45, 2.75) is 26.8 Å². The maximum absolute atomic E-state index is 5.89. The number of nitrogens with zero attached hydrogens (tertiary/aromatic N) is 3. The highest BCUT2D eigenvalue weighted by molar-refractivity contribution is 6.28. The summed E-state index contributed by atoms with van der Waals surface area (Å²) >= 11 is 5.89. The van der Waals surface area contributed by atoms with E-state index in [0.717, 1.165) is 47.7 Å². The second-order valence-electron chi connectivity index (χ2n) is 4.69. The summed E-state index contributed by atoms with van der Waals surface area (Å²) in [4.78, 5) is 12.8. The van der Waals surface area contributed by atoms with Crippen molar-refractivity contribution in [3.05, 3.63) is 47.5 Å². The van der Waals surface area contributed by atoms with Crippen LogP contribution in [0.2, 0.25) is 5.28 Å². The first-order valence-corrected chi connectivity index (χ1v) is 6.95. The Morgan fingerprint density at radius 3 is 2.80 bits per heavy atom. The molecule has 0 atom stereocenters. The maximum Gasteiger partial charge on any atom is 0.222 e. The summed E-state index contributed by atoms with van der Waals surface area (Å²) in [5.41, 5.74) is 4.82. The number of nitrogens with one attached hydrogen (secondary N) is 1. The van der Waals surface area contributed by atoms with Crippen LogP contribution in [0.25, 0.3) is 11.3 Å². The minimum absolute atomic E-state index is 0.261. The molecule has 0 aliphatic carbocycles. The van der Waals surface area contributed by atoms with Crippen LogP contribution in [0.3, 0.4) is 0 Å². The Hall–Kier alpha value is -1.52. The molecule has 0 saturated carbocycles. The van der Waals surface area contributed by atoms with Gasteiger partial charge in [-0.2, -0.15) is 0 Å². The molecule has 0 bridgehead atoms. The van der Waals surface area contributed by atoms with Crippen LogP contribution in [0.15, 0.2) is 18.3 Å². The van der Waals surface area contributed by atoms with E-state index in [4.69, 9.17) is 11.6 Å². The topological polar surface area (TPSA) is 50.7 Å². The van der Waals surface area contributed by atoms with Crippen LogP contribution in [0.4, 0.5) is 0 Å². The lowest BCUT2D eigenvalue weighted by molar-refractivity contribution is 0.680. The van der Waals surface area contributed by atoms with Crippen molar-refractivity contribution in [1.29, 1.82) is 0 Å². The summed E-state index contributed by atoms with van der Waals surface area (Å²) in [5.74, 6) is 0. The third-order valence-electron chi connectivity index (χ3n) is 2.88. The van der Waals surface area contributed by atoms with E-state index in [1.165, 1.54) is 0 Å². The average molecular weight is 290 g/mol. The van der Waals surface area contributed by atoms with Crippen molar-refractivity contribution in [2.24, 2.45) is 0 Å². The third-order valence-corrected chi connectivity index (χ3v) is 3.06. The van der Waals surface area contributed by atoms with Crippen molar-refractivity contribution in [1.82, 2.24) is 20.3 Å². The van der Waals surface area contributed by atoms with E-state index in [9.17, 15) is 0 Å². The van der Waals surface area contributed by atoms with Crippen molar-refractivity contribution >= 4 is 11.6 Å². The molecule has 2 rings (SSSR count). The van der Waals surface area contributed by atoms with Gasteiger partial charge in [0.15, 0.2) is 0 Å². The summed E-state index contributed by atoms with van der Waals surface area (Å²) in [6.45, 7) is 9.36. The highest BCUT2D eigenvalue weighted by atomic mass is 35.5. The molecule has 20 heavy (non-hydrogen) atoms. The summed E-state index contributed by atoms with van der Waals surface area (Å²) in [6.07, 6.45) is 2.60. The van der Waals surface area contributed by atoms with Gasteiger partial charge in [0.05, 0.1) is 11.4 Å². The van der Waals surface area contributed by atoms with Gasteiger partial charge in [0.25, 0.3) is 0 Å². The predicted octanol–water partition coefficient (Wildman–Crippen LogP) is 3.12. The molecule has 0 aliphatic rings. The molecule has 0 saturated heterocycles. The van der Waals surface area contributed by atoms with Crippen LogP contribution in [0.1, 0.15) is 23.4 Å². The van der Waals surface area contributed by atoms with Crippen LogP contribution >= 0.6 is 11.6 Å². The second-order valence-corrected chi connectivity index (χ2v) is 5.03. The molecule has 2 aromatic rings. The van der Waals surface area contributed by atoms with Gasteiger partial charge in [-0.3, -0.25) is 4.98 Å². The molecular weight excluding hydrogens is 272 g/mol. The SMILES string of the molecule is [CH2]CCNCc1cc(-c2nc(Cl)ncc2C)cc(C)n1. The van der Waals surface area contributed by atoms with E-state index < -0.39 is 0 Å². The molecule has 0 spiro atoms. The highest BCUT2D eigenvalue weighted by Crippen LogP contribution is 2.23. The number of hydrogen-bond acceptors (Lipinski definition) is 4. The Balaban J connectivity index is 2.34. The fourth-order valence-electron chi connectivity index (χ4n) is 2.02. The number of pyridine rings is 1. The van der Waals surface area contributed by atoms with Gasteiger partial charge in [0, 0.05) is 24.0 Å². The zero-order chi connectivity index (χ0) is 14.5. The minimum atomic E-state index is 0.261. The van der Waals surface area contributed by atoms with Gasteiger partial charge < -0.3 is 5.32 Å². The normalized spacial score (nSPS) is 10.8. The maximum atomic E-state index is 5.89. The van der Waals surface area contributed by atoms with Crippen molar-refractivity contribution < 1.29 is 0 Å². The summed E-state index contributed by atoms with van der Waals surface area (Å²) in [6, 6.07) is 4.05. The van der Waals surface area contributed by atoms with Gasteiger partial charge in [-0.05, 0) is 56.1 Å². The summed E-state index contributed by atoms with van der Waals surface area (Å²) in [5, 5.41) is 3.56. The van der Waals surface area contributed by atoms with Gasteiger partial charge in [0.1, 0.15) is 0 Å². The second kappa shape index (κ2) is 6.77. The molecular formula is C15H18ClN4. The number of rotatable bonds is 5. The predicted molar refractivity (Wildman–Crippen MR) is 81.4 cm³/mol. The van der Waals surface area contributed by atoms with Crippen LogP contribution in [-0.2, 0) is 6.54 Å². The Morgan fingerprint density at radius 2 is 2.05 bits per heavy atom. The molecule has 0 aromatic carbocycles. The zero-order valence-corrected chi connectivity index (χ0v) is 12.5. The lowest BCUT2D eigenvalue weighted by Crippen LogP contribution is -2.15. The van der Waals surface area contributed by atoms with E-state index >= 15 is 0 Å². The van der Waals surface area contributed by atoms with E-state index in [-0.39, 0.29) is 5.28 Å². The molecule has 4 nitrogen and oxygen atoms in total. The molecule has 1 N–H and O–H groups in total. The molecule has 1 radical (unpaired) electrons. The van der Waals surface area contributed by atoms with E-state index in [2.05, 4.69) is 27.2 Å². The summed E-state index contributed by atoms with van der Waals surface area (Å²) < 4.78 is 0. The van der Waals surface area contributed by atoms with Crippen molar-refractivity contribution in [2.75, 3.05) is 6.54 Å². The zero-order valence-electron chi connectivity index (χ0n) is 11.8. The molecule has 0 aliphatic heterocycles. The van der Waals surface area contributed by atoms with Crippen molar-refractivity contribution in [3.8, 4) is 11.3 Å². The Labute approximate surface area is 124 Å². The Bertz CT molecular complexity index is 598. The fourth-order valence-corrected chi connectivity index (χ4v) is 2.15. The minimum Gasteiger partial charge on any atom is -0.311 e. The Morgan fingerprint density at radius 1 is 1.25 bits per heavy atom. The summed E-state index contributed by atoms with van der Waals surface area (Å²) in [7, 11) is 0. The standard InChI is InChI=1S/C15H18ClN4/c1-4-5-17-9-13-7-12(6-11(3)19-13)14-10(2)8-18-15(16)20-14/h6-8,17H,1,4-5,9H2,2-3H3. The molecule has 0 amide bonds. The molecule has 0 fully saturated rings. The smallest absolute Gasteiger partial charge is 0.222 e. The first kappa shape index (κ1) is 14.9. The molecule has 5 heteroatoms. The van der Waals surface area contributed by atoms with Gasteiger partial charge in [-0.1, -0.05) is 6.92 Å². The van der Waals surface area contributed by atoms with E-state index in [1.54, 1.807) is 6.20 Å². The number of hydrogen-bond donors (Lipinski definition) is 1. The Kier molecular flexibility index (Phi) is 5.04. The quantitative estimate of drug-likeness (QED) is 0.679. The van der Waals surface area contributed by atoms with Gasteiger partial charge in [0.2, 0.25) is 5.28 Å². The largest absolute Gasteiger partial charge is 0.311 e. The molecule has 0 unspecified atom stereocenters. The van der Waals surface area contributed by atoms with Crippen LogP contribution < -0.4 is 5.32 Å². The molecule has 2 heterocycles. The first-order valence-electron chi connectivity index (χ1n) is 6.57. The average Bonchev–Trinajstić information content (AvgIpc) is 2.41. The lowest BCUT2D eigenvalue weighted by Gasteiger charge is -2.09. The van der Waals surface area contributed by atoms with Crippen LogP contribution in [0, 0.1) is 20.8 Å². The molecule has 105 valence electrons. The van der Waals surface area contributed by atoms with E-state index in [0.29, 0.717) is 0 Å². The lowest BCUT2D eigenvalue weighted by atomic mass is 10.1.